The lowest BCUT2D eigenvalue weighted by molar-refractivity contribution is -0.128. The molecule has 1 aromatic carbocycles. The quantitative estimate of drug-likeness (QED) is 0.645. The van der Waals surface area contributed by atoms with Crippen molar-refractivity contribution in [3.8, 4) is 11.5 Å². The van der Waals surface area contributed by atoms with Gasteiger partial charge in [0.2, 0.25) is 5.91 Å². The minimum atomic E-state index is 0.0194. The Labute approximate surface area is 135 Å². The first-order valence-corrected chi connectivity index (χ1v) is 7.97. The number of hydrogen-bond donors (Lipinski definition) is 2. The molecular formula is C16H22N4O3. The highest BCUT2D eigenvalue weighted by Gasteiger charge is 2.17. The molecule has 3 N–H and O–H groups in total. The molecule has 1 aromatic rings. The van der Waals surface area contributed by atoms with E-state index in [0.29, 0.717) is 19.0 Å². The number of hydrogen-bond acceptors (Lipinski definition) is 4. The van der Waals surface area contributed by atoms with Crippen molar-refractivity contribution >= 4 is 17.6 Å². The molecule has 0 bridgehead atoms. The number of nitrogens with zero attached hydrogens (tertiary/aromatic N) is 2. The maximum Gasteiger partial charge on any atom is 0.244 e. The fraction of sp³-hybridized carbons (Fsp3) is 0.500. The summed E-state index contributed by atoms with van der Waals surface area (Å²) in [5.41, 5.74) is 6.61. The molecule has 23 heavy (non-hydrogen) atoms. The van der Waals surface area contributed by atoms with Gasteiger partial charge in [0.25, 0.3) is 0 Å². The zero-order valence-electron chi connectivity index (χ0n) is 13.1. The summed E-state index contributed by atoms with van der Waals surface area (Å²) in [4.78, 5) is 17.9. The Kier molecular flexibility index (Phi) is 4.85. The van der Waals surface area contributed by atoms with Crippen molar-refractivity contribution in [3.63, 3.8) is 0 Å². The number of guanidine groups is 1. The number of carbonyl (C=O) groups is 1. The fourth-order valence-corrected chi connectivity index (χ4v) is 2.65. The zero-order valence-corrected chi connectivity index (χ0v) is 13.1. The molecule has 0 spiro atoms. The Morgan fingerprint density at radius 1 is 1.17 bits per heavy atom. The number of amides is 1. The number of nitrogens with two attached hydrogens (primary N) is 1. The molecule has 0 aliphatic carbocycles. The van der Waals surface area contributed by atoms with Gasteiger partial charge in [0.05, 0.1) is 13.2 Å². The summed E-state index contributed by atoms with van der Waals surface area (Å²) in [5, 5.41) is 2.98. The van der Waals surface area contributed by atoms with Gasteiger partial charge in [-0.25, -0.2) is 4.99 Å². The molecule has 0 aromatic heterocycles. The Bertz CT molecular complexity index is 597. The zero-order chi connectivity index (χ0) is 16.1. The van der Waals surface area contributed by atoms with E-state index in [0.717, 1.165) is 43.8 Å². The van der Waals surface area contributed by atoms with E-state index in [4.69, 9.17) is 15.2 Å². The Morgan fingerprint density at radius 2 is 1.91 bits per heavy atom. The van der Waals surface area contributed by atoms with Crippen molar-refractivity contribution in [1.82, 2.24) is 4.90 Å². The Balaban J connectivity index is 1.58. The number of likely N-dealkylation sites (tertiary alicyclic amines) is 1. The van der Waals surface area contributed by atoms with Gasteiger partial charge in [0.15, 0.2) is 17.5 Å². The average Bonchev–Trinajstić information content (AvgIpc) is 2.99. The first-order valence-electron chi connectivity index (χ1n) is 7.97. The van der Waals surface area contributed by atoms with Crippen LogP contribution in [0.25, 0.3) is 0 Å². The van der Waals surface area contributed by atoms with E-state index < -0.39 is 0 Å². The van der Waals surface area contributed by atoms with E-state index in [1.165, 1.54) is 0 Å². The second kappa shape index (κ2) is 7.21. The van der Waals surface area contributed by atoms with Crippen LogP contribution in [-0.2, 0) is 4.79 Å². The van der Waals surface area contributed by atoms with Crippen LogP contribution in [0, 0.1) is 0 Å². The summed E-state index contributed by atoms with van der Waals surface area (Å²) in [7, 11) is 0. The van der Waals surface area contributed by atoms with Crippen LogP contribution >= 0.6 is 0 Å². The number of aliphatic imine (C=N–C) groups is 1. The summed E-state index contributed by atoms with van der Waals surface area (Å²) < 4.78 is 11.2. The van der Waals surface area contributed by atoms with E-state index >= 15 is 0 Å². The Morgan fingerprint density at radius 3 is 2.70 bits per heavy atom. The van der Waals surface area contributed by atoms with E-state index in [1.54, 1.807) is 0 Å². The van der Waals surface area contributed by atoms with Crippen molar-refractivity contribution in [2.24, 2.45) is 10.7 Å². The molecule has 0 unspecified atom stereocenters. The number of fused-ring (bicyclic) bond motifs is 1. The normalized spacial score (nSPS) is 17.7. The molecule has 7 nitrogen and oxygen atoms in total. The molecule has 124 valence electrons. The third-order valence-electron chi connectivity index (χ3n) is 3.86. The highest BCUT2D eigenvalue weighted by atomic mass is 16.5. The number of carbonyl (C=O) groups excluding carboxylic acids is 1. The maximum absolute atomic E-state index is 11.9. The van der Waals surface area contributed by atoms with Crippen LogP contribution in [-0.4, -0.2) is 49.6 Å². The van der Waals surface area contributed by atoms with Crippen LogP contribution in [0.5, 0.6) is 11.5 Å². The predicted molar refractivity (Wildman–Crippen MR) is 88.0 cm³/mol. The molecule has 1 amide bonds. The molecule has 1 fully saturated rings. The van der Waals surface area contributed by atoms with Gasteiger partial charge in [-0.3, -0.25) is 4.79 Å². The van der Waals surface area contributed by atoms with Gasteiger partial charge in [-0.1, -0.05) is 0 Å². The van der Waals surface area contributed by atoms with E-state index in [1.807, 2.05) is 23.1 Å². The molecule has 0 radical (unpaired) electrons. The Hall–Kier alpha value is -2.44. The molecule has 0 saturated carbocycles. The lowest BCUT2D eigenvalue weighted by Crippen LogP contribution is -2.31. The minimum absolute atomic E-state index is 0.0194. The van der Waals surface area contributed by atoms with Crippen LogP contribution in [0.2, 0.25) is 0 Å². The summed E-state index contributed by atoms with van der Waals surface area (Å²) in [6, 6.07) is 5.51. The van der Waals surface area contributed by atoms with Crippen LogP contribution in [0.4, 0.5) is 5.69 Å². The molecule has 2 aliphatic heterocycles. The number of nitrogens with one attached hydrogen (secondary N) is 1. The van der Waals surface area contributed by atoms with Gasteiger partial charge in [0.1, 0.15) is 6.54 Å². The minimum Gasteiger partial charge on any atom is -0.490 e. The third kappa shape index (κ3) is 4.06. The lowest BCUT2D eigenvalue weighted by Gasteiger charge is -2.14. The first-order chi connectivity index (χ1) is 11.2. The van der Waals surface area contributed by atoms with Crippen molar-refractivity contribution in [2.75, 3.05) is 38.2 Å². The van der Waals surface area contributed by atoms with Crippen molar-refractivity contribution in [2.45, 2.75) is 19.3 Å². The molecule has 3 rings (SSSR count). The van der Waals surface area contributed by atoms with E-state index in [-0.39, 0.29) is 18.4 Å². The van der Waals surface area contributed by atoms with Gasteiger partial charge >= 0.3 is 0 Å². The molecule has 0 atom stereocenters. The number of ether oxygens (including phenoxy) is 2. The monoisotopic (exact) mass is 318 g/mol. The van der Waals surface area contributed by atoms with Crippen LogP contribution in [0.1, 0.15) is 19.3 Å². The summed E-state index contributed by atoms with van der Waals surface area (Å²) in [6.45, 7) is 3.00. The fourth-order valence-electron chi connectivity index (χ4n) is 2.65. The standard InChI is InChI=1S/C16H22N4O3/c17-16(18-11-15(21)20-6-1-2-7-20)19-12-4-5-13-14(10-12)23-9-3-8-22-13/h4-5,10H,1-3,6-9,11H2,(H3,17,18,19). The summed E-state index contributed by atoms with van der Waals surface area (Å²) in [5.74, 6) is 1.65. The van der Waals surface area contributed by atoms with Crippen LogP contribution in [0.3, 0.4) is 0 Å². The molecule has 2 aliphatic rings. The highest BCUT2D eigenvalue weighted by molar-refractivity contribution is 5.94. The summed E-state index contributed by atoms with van der Waals surface area (Å²) in [6.07, 6.45) is 3.00. The first kappa shape index (κ1) is 15.5. The molecule has 7 heteroatoms. The van der Waals surface area contributed by atoms with Crippen LogP contribution < -0.4 is 20.5 Å². The van der Waals surface area contributed by atoms with Gasteiger partial charge < -0.3 is 25.4 Å². The third-order valence-corrected chi connectivity index (χ3v) is 3.86. The van der Waals surface area contributed by atoms with Gasteiger partial charge in [-0.05, 0) is 25.0 Å². The molecular weight excluding hydrogens is 296 g/mol. The largest absolute Gasteiger partial charge is 0.490 e. The van der Waals surface area contributed by atoms with Gasteiger partial charge in [-0.2, -0.15) is 0 Å². The van der Waals surface area contributed by atoms with E-state index in [2.05, 4.69) is 10.3 Å². The SMILES string of the molecule is NC(=NCC(=O)N1CCCC1)Nc1ccc2c(c1)OCCCO2. The second-order valence-electron chi connectivity index (χ2n) is 5.63. The van der Waals surface area contributed by atoms with Crippen LogP contribution in [0.15, 0.2) is 23.2 Å². The topological polar surface area (TPSA) is 89.2 Å². The number of rotatable bonds is 3. The smallest absolute Gasteiger partial charge is 0.244 e. The van der Waals surface area contributed by atoms with Crippen molar-refractivity contribution in [1.29, 1.82) is 0 Å². The summed E-state index contributed by atoms with van der Waals surface area (Å²) >= 11 is 0. The second-order valence-corrected chi connectivity index (χ2v) is 5.63. The average molecular weight is 318 g/mol. The number of anilines is 1. The molecule has 1 saturated heterocycles. The highest BCUT2D eigenvalue weighted by Crippen LogP contribution is 2.32. The number of benzene rings is 1. The molecule has 2 heterocycles. The van der Waals surface area contributed by atoms with E-state index in [9.17, 15) is 4.79 Å². The van der Waals surface area contributed by atoms with Gasteiger partial charge in [0, 0.05) is 31.3 Å². The van der Waals surface area contributed by atoms with Crippen molar-refractivity contribution in [3.05, 3.63) is 18.2 Å². The predicted octanol–water partition coefficient (Wildman–Crippen LogP) is 1.20. The van der Waals surface area contributed by atoms with Crippen molar-refractivity contribution < 1.29 is 14.3 Å². The maximum atomic E-state index is 11.9. The lowest BCUT2D eigenvalue weighted by atomic mass is 10.3. The van der Waals surface area contributed by atoms with Gasteiger partial charge in [-0.15, -0.1) is 0 Å².